The molecule has 2 aromatic carbocycles. The number of nitrogens with zero attached hydrogens (tertiary/aromatic N) is 3. The number of methoxy groups -OCH3 is 1. The molecule has 0 spiro atoms. The summed E-state index contributed by atoms with van der Waals surface area (Å²) in [6.45, 7) is 0. The third-order valence-corrected chi connectivity index (χ3v) is 4.14. The van der Waals surface area contributed by atoms with Crippen LogP contribution < -0.4 is 9.64 Å². The molecule has 1 aliphatic rings. The second-order valence-electron chi connectivity index (χ2n) is 5.74. The van der Waals surface area contributed by atoms with Gasteiger partial charge in [-0.25, -0.2) is 14.9 Å². The summed E-state index contributed by atoms with van der Waals surface area (Å²) >= 11 is 0. The number of carbonyl (C=O) groups is 2. The highest BCUT2D eigenvalue weighted by atomic mass is 19.4. The summed E-state index contributed by atoms with van der Waals surface area (Å²) in [7, 11) is 1.36. The minimum absolute atomic E-state index is 0.0942. The van der Waals surface area contributed by atoms with E-state index in [9.17, 15) is 22.8 Å². The number of fused-ring (bicyclic) bond motifs is 2. The smallest absolute Gasteiger partial charge is 0.451 e. The molecule has 0 fully saturated rings. The molecule has 9 heteroatoms. The van der Waals surface area contributed by atoms with Crippen molar-refractivity contribution in [3.05, 3.63) is 59.4 Å². The van der Waals surface area contributed by atoms with E-state index >= 15 is 0 Å². The highest BCUT2D eigenvalue weighted by molar-refractivity contribution is 6.35. The lowest BCUT2D eigenvalue weighted by molar-refractivity contribution is -0.144. The molecule has 0 bridgehead atoms. The maximum absolute atomic E-state index is 13.3. The predicted octanol–water partition coefficient (Wildman–Crippen LogP) is 3.46. The fourth-order valence-corrected chi connectivity index (χ4v) is 2.90. The van der Waals surface area contributed by atoms with Gasteiger partial charge in [0.05, 0.1) is 23.8 Å². The number of ether oxygens (including phenoxy) is 1. The molecule has 27 heavy (non-hydrogen) atoms. The highest BCUT2D eigenvalue weighted by Crippen LogP contribution is 2.36. The third-order valence-electron chi connectivity index (χ3n) is 4.14. The van der Waals surface area contributed by atoms with Gasteiger partial charge >= 0.3 is 6.18 Å². The van der Waals surface area contributed by atoms with E-state index in [1.54, 1.807) is 12.1 Å². The summed E-state index contributed by atoms with van der Waals surface area (Å²) in [6.07, 6.45) is -4.86. The number of imide groups is 1. The molecule has 0 atom stereocenters. The first-order valence-corrected chi connectivity index (χ1v) is 7.72. The van der Waals surface area contributed by atoms with Crippen molar-refractivity contribution >= 4 is 28.5 Å². The van der Waals surface area contributed by atoms with Gasteiger partial charge in [0.15, 0.2) is 5.82 Å². The van der Waals surface area contributed by atoms with Crippen molar-refractivity contribution in [1.29, 1.82) is 0 Å². The lowest BCUT2D eigenvalue weighted by Crippen LogP contribution is -2.31. The van der Waals surface area contributed by atoms with Gasteiger partial charge < -0.3 is 4.74 Å². The van der Waals surface area contributed by atoms with E-state index in [4.69, 9.17) is 4.74 Å². The average Bonchev–Trinajstić information content (AvgIpc) is 2.90. The standard InChI is InChI=1S/C18H10F3N3O3/c1-27-9-6-7-12-13(8-9)22-17(18(19,20)21)23-14(12)24-15(25)10-4-2-3-5-11(10)16(24)26/h2-8H,1H3. The van der Waals surface area contributed by atoms with E-state index in [-0.39, 0.29) is 27.8 Å². The van der Waals surface area contributed by atoms with Crippen molar-refractivity contribution in [3.8, 4) is 5.75 Å². The SMILES string of the molecule is COc1ccc2c(N3C(=O)c4ccccc4C3=O)nc(C(F)(F)F)nc2c1. The zero-order valence-electron chi connectivity index (χ0n) is 13.7. The number of halogens is 3. The molecular formula is C18H10F3N3O3. The van der Waals surface area contributed by atoms with Crippen molar-refractivity contribution in [2.45, 2.75) is 6.18 Å². The molecule has 0 unspecified atom stereocenters. The van der Waals surface area contributed by atoms with Gasteiger partial charge in [-0.3, -0.25) is 9.59 Å². The maximum atomic E-state index is 13.3. The van der Waals surface area contributed by atoms with E-state index in [1.807, 2.05) is 0 Å². The van der Waals surface area contributed by atoms with Crippen molar-refractivity contribution in [1.82, 2.24) is 9.97 Å². The van der Waals surface area contributed by atoms with Crippen molar-refractivity contribution in [3.63, 3.8) is 0 Å². The fourth-order valence-electron chi connectivity index (χ4n) is 2.90. The molecule has 2 heterocycles. The number of aromatic nitrogens is 2. The Morgan fingerprint density at radius 1 is 0.963 bits per heavy atom. The van der Waals surface area contributed by atoms with Gasteiger partial charge in [0.2, 0.25) is 5.82 Å². The molecule has 0 N–H and O–H groups in total. The Balaban J connectivity index is 1.99. The molecule has 1 aromatic heterocycles. The van der Waals surface area contributed by atoms with Crippen LogP contribution >= 0.6 is 0 Å². The van der Waals surface area contributed by atoms with Gasteiger partial charge in [0.25, 0.3) is 11.8 Å². The van der Waals surface area contributed by atoms with Crippen LogP contribution in [0.1, 0.15) is 26.5 Å². The number of amides is 2. The van der Waals surface area contributed by atoms with Crippen molar-refractivity contribution in [2.75, 3.05) is 12.0 Å². The van der Waals surface area contributed by atoms with E-state index < -0.39 is 29.6 Å². The van der Waals surface area contributed by atoms with Gasteiger partial charge in [-0.1, -0.05) is 12.1 Å². The maximum Gasteiger partial charge on any atom is 0.451 e. The first kappa shape index (κ1) is 17.0. The molecule has 2 amide bonds. The first-order chi connectivity index (χ1) is 12.8. The fraction of sp³-hybridized carbons (Fsp3) is 0.111. The van der Waals surface area contributed by atoms with E-state index in [0.717, 1.165) is 0 Å². The number of benzene rings is 2. The molecule has 4 rings (SSSR count). The van der Waals surface area contributed by atoms with Crippen LogP contribution in [-0.2, 0) is 6.18 Å². The summed E-state index contributed by atoms with van der Waals surface area (Å²) in [5, 5.41) is 0.123. The number of anilines is 1. The molecule has 0 aliphatic carbocycles. The summed E-state index contributed by atoms with van der Waals surface area (Å²) in [5.74, 6) is -3.06. The van der Waals surface area contributed by atoms with E-state index in [1.165, 1.54) is 37.4 Å². The van der Waals surface area contributed by atoms with Crippen LogP contribution in [0.15, 0.2) is 42.5 Å². The van der Waals surface area contributed by atoms with E-state index in [2.05, 4.69) is 9.97 Å². The molecule has 136 valence electrons. The van der Waals surface area contributed by atoms with Crippen LogP contribution in [0, 0.1) is 0 Å². The predicted molar refractivity (Wildman–Crippen MR) is 88.7 cm³/mol. The highest BCUT2D eigenvalue weighted by Gasteiger charge is 2.41. The normalized spacial score (nSPS) is 14.0. The van der Waals surface area contributed by atoms with Gasteiger partial charge in [-0.2, -0.15) is 13.2 Å². The van der Waals surface area contributed by atoms with Crippen LogP contribution in [0.5, 0.6) is 5.75 Å². The number of alkyl halides is 3. The molecule has 3 aromatic rings. The second kappa shape index (κ2) is 5.76. The number of carbonyl (C=O) groups excluding carboxylic acids is 2. The van der Waals surface area contributed by atoms with Crippen LogP contribution in [-0.4, -0.2) is 28.9 Å². The largest absolute Gasteiger partial charge is 0.497 e. The monoisotopic (exact) mass is 373 g/mol. The van der Waals surface area contributed by atoms with Crippen LogP contribution in [0.4, 0.5) is 19.0 Å². The van der Waals surface area contributed by atoms with Gasteiger partial charge in [-0.05, 0) is 24.3 Å². The van der Waals surface area contributed by atoms with Crippen LogP contribution in [0.25, 0.3) is 10.9 Å². The Morgan fingerprint density at radius 2 is 1.59 bits per heavy atom. The van der Waals surface area contributed by atoms with Crippen molar-refractivity contribution in [2.24, 2.45) is 0 Å². The van der Waals surface area contributed by atoms with E-state index in [0.29, 0.717) is 4.90 Å². The Labute approximate surface area is 150 Å². The third kappa shape index (κ3) is 2.59. The summed E-state index contributed by atoms with van der Waals surface area (Å²) in [5.41, 5.74) is 0.121. The molecule has 1 aliphatic heterocycles. The van der Waals surface area contributed by atoms with Gasteiger partial charge in [0.1, 0.15) is 5.75 Å². The molecule has 0 saturated carbocycles. The minimum atomic E-state index is -4.86. The topological polar surface area (TPSA) is 72.4 Å². The summed E-state index contributed by atoms with van der Waals surface area (Å²) in [4.78, 5) is 33.0. The number of rotatable bonds is 2. The molecular weight excluding hydrogens is 363 g/mol. The molecule has 0 saturated heterocycles. The average molecular weight is 373 g/mol. The lowest BCUT2D eigenvalue weighted by atomic mass is 10.1. The summed E-state index contributed by atoms with van der Waals surface area (Å²) in [6, 6.07) is 10.2. The summed E-state index contributed by atoms with van der Waals surface area (Å²) < 4.78 is 44.9. The first-order valence-electron chi connectivity index (χ1n) is 7.72. The lowest BCUT2D eigenvalue weighted by Gasteiger charge is -2.17. The second-order valence-corrected chi connectivity index (χ2v) is 5.74. The zero-order chi connectivity index (χ0) is 19.3. The Bertz CT molecular complexity index is 1080. The van der Waals surface area contributed by atoms with Gasteiger partial charge in [-0.15, -0.1) is 0 Å². The van der Waals surface area contributed by atoms with Crippen molar-refractivity contribution < 1.29 is 27.5 Å². The Kier molecular flexibility index (Phi) is 3.62. The minimum Gasteiger partial charge on any atom is -0.497 e. The zero-order valence-corrected chi connectivity index (χ0v) is 13.7. The molecule has 6 nitrogen and oxygen atoms in total. The quantitative estimate of drug-likeness (QED) is 0.644. The Hall–Kier alpha value is -3.49. The number of hydrogen-bond donors (Lipinski definition) is 0. The van der Waals surface area contributed by atoms with Crippen LogP contribution in [0.2, 0.25) is 0 Å². The van der Waals surface area contributed by atoms with Crippen LogP contribution in [0.3, 0.4) is 0 Å². The molecule has 0 radical (unpaired) electrons. The number of hydrogen-bond acceptors (Lipinski definition) is 5. The Morgan fingerprint density at radius 3 is 2.15 bits per heavy atom. The van der Waals surface area contributed by atoms with Gasteiger partial charge in [0, 0.05) is 11.5 Å².